The number of fused-ring (bicyclic) bond motifs is 3. The number of ether oxygens (including phenoxy) is 1. The largest absolute Gasteiger partial charge is 0.485 e. The zero-order chi connectivity index (χ0) is 22.9. The van der Waals surface area contributed by atoms with E-state index in [4.69, 9.17) is 4.74 Å². The fourth-order valence-corrected chi connectivity index (χ4v) is 5.26. The van der Waals surface area contributed by atoms with Gasteiger partial charge in [-0.15, -0.1) is 11.3 Å². The lowest BCUT2D eigenvalue weighted by molar-refractivity contribution is 0.102. The number of thiazole rings is 1. The summed E-state index contributed by atoms with van der Waals surface area (Å²) >= 11 is 1.57. The van der Waals surface area contributed by atoms with Gasteiger partial charge in [0, 0.05) is 22.2 Å². The van der Waals surface area contributed by atoms with Crippen LogP contribution in [0.5, 0.6) is 5.75 Å². The van der Waals surface area contributed by atoms with Crippen molar-refractivity contribution < 1.29 is 13.9 Å². The van der Waals surface area contributed by atoms with Gasteiger partial charge in [0.2, 0.25) is 0 Å². The van der Waals surface area contributed by atoms with Crippen LogP contribution in [0.2, 0.25) is 0 Å². The zero-order valence-corrected chi connectivity index (χ0v) is 18.9. The maximum absolute atomic E-state index is 13.2. The third kappa shape index (κ3) is 4.39. The summed E-state index contributed by atoms with van der Waals surface area (Å²) in [5.74, 6) is -0.311. The van der Waals surface area contributed by atoms with E-state index in [9.17, 15) is 14.0 Å². The Kier molecular flexibility index (Phi) is 5.68. The lowest BCUT2D eigenvalue weighted by atomic mass is 10.0. The predicted octanol–water partition coefficient (Wildman–Crippen LogP) is 4.91. The maximum Gasteiger partial charge on any atom is 0.259 e. The van der Waals surface area contributed by atoms with Crippen LogP contribution in [0.3, 0.4) is 0 Å². The SMILES string of the molecule is Cc1ccc(OCc2cc(=O)n3c4c(sc3n2)CCCC4)c(NC(=O)c2ccc(F)cc2)c1. The highest BCUT2D eigenvalue weighted by atomic mass is 32.1. The van der Waals surface area contributed by atoms with Gasteiger partial charge in [0.1, 0.15) is 18.2 Å². The molecule has 2 heterocycles. The van der Waals surface area contributed by atoms with Crippen molar-refractivity contribution in [1.29, 1.82) is 0 Å². The molecule has 8 heteroatoms. The summed E-state index contributed by atoms with van der Waals surface area (Å²) in [6.45, 7) is 2.00. The Morgan fingerprint density at radius 2 is 1.94 bits per heavy atom. The van der Waals surface area contributed by atoms with Gasteiger partial charge < -0.3 is 10.1 Å². The van der Waals surface area contributed by atoms with Crippen LogP contribution in [0.4, 0.5) is 10.1 Å². The summed E-state index contributed by atoms with van der Waals surface area (Å²) < 4.78 is 20.9. The van der Waals surface area contributed by atoms with Gasteiger partial charge in [-0.05, 0) is 74.6 Å². The van der Waals surface area contributed by atoms with Crippen molar-refractivity contribution in [1.82, 2.24) is 9.38 Å². The van der Waals surface area contributed by atoms with Gasteiger partial charge in [0.15, 0.2) is 4.96 Å². The molecule has 4 aromatic rings. The molecule has 1 amide bonds. The number of carbonyl (C=O) groups excluding carboxylic acids is 1. The summed E-state index contributed by atoms with van der Waals surface area (Å²) in [5.41, 5.74) is 3.32. The normalized spacial score (nSPS) is 13.0. The minimum absolute atomic E-state index is 0.0910. The number of nitrogens with one attached hydrogen (secondary N) is 1. The summed E-state index contributed by atoms with van der Waals surface area (Å²) in [4.78, 5) is 32.0. The first-order valence-electron chi connectivity index (χ1n) is 10.8. The molecule has 168 valence electrons. The number of aryl methyl sites for hydroxylation is 3. The molecule has 2 aromatic heterocycles. The molecule has 0 fully saturated rings. The maximum atomic E-state index is 13.2. The molecule has 6 nitrogen and oxygen atoms in total. The lowest BCUT2D eigenvalue weighted by Gasteiger charge is -2.13. The van der Waals surface area contributed by atoms with Gasteiger partial charge in [-0.2, -0.15) is 0 Å². The lowest BCUT2D eigenvalue weighted by Crippen LogP contribution is -2.18. The summed E-state index contributed by atoms with van der Waals surface area (Å²) in [6, 6.07) is 12.3. The molecule has 0 aliphatic heterocycles. The van der Waals surface area contributed by atoms with Crippen LogP contribution in [-0.4, -0.2) is 15.3 Å². The fourth-order valence-electron chi connectivity index (χ4n) is 4.03. The number of aromatic nitrogens is 2. The molecule has 0 saturated heterocycles. The highest BCUT2D eigenvalue weighted by Crippen LogP contribution is 2.29. The highest BCUT2D eigenvalue weighted by molar-refractivity contribution is 7.17. The summed E-state index contributed by atoms with van der Waals surface area (Å²) in [5, 5.41) is 2.83. The molecule has 0 radical (unpaired) electrons. The summed E-state index contributed by atoms with van der Waals surface area (Å²) in [6.07, 6.45) is 4.14. The van der Waals surface area contributed by atoms with E-state index < -0.39 is 5.82 Å². The Balaban J connectivity index is 1.37. The number of carbonyl (C=O) groups is 1. The first kappa shape index (κ1) is 21.3. The molecular formula is C25H22FN3O3S. The van der Waals surface area contributed by atoms with Crippen molar-refractivity contribution in [2.45, 2.75) is 39.2 Å². The van der Waals surface area contributed by atoms with Crippen LogP contribution >= 0.6 is 11.3 Å². The van der Waals surface area contributed by atoms with Crippen LogP contribution in [0.1, 0.15) is 45.0 Å². The Morgan fingerprint density at radius 3 is 2.76 bits per heavy atom. The number of hydrogen-bond acceptors (Lipinski definition) is 5. The molecule has 1 N–H and O–H groups in total. The van der Waals surface area contributed by atoms with Crippen LogP contribution in [0.15, 0.2) is 53.3 Å². The van der Waals surface area contributed by atoms with E-state index in [0.717, 1.165) is 36.9 Å². The predicted molar refractivity (Wildman–Crippen MR) is 126 cm³/mol. The molecule has 33 heavy (non-hydrogen) atoms. The van der Waals surface area contributed by atoms with E-state index in [1.807, 2.05) is 13.0 Å². The Hall–Kier alpha value is -3.52. The average Bonchev–Trinajstić information content (AvgIpc) is 3.18. The minimum Gasteiger partial charge on any atom is -0.485 e. The molecule has 1 aliphatic carbocycles. The van der Waals surface area contributed by atoms with Crippen molar-refractivity contribution in [3.05, 3.63) is 92.1 Å². The van der Waals surface area contributed by atoms with Crippen molar-refractivity contribution in [3.63, 3.8) is 0 Å². The van der Waals surface area contributed by atoms with Crippen molar-refractivity contribution >= 4 is 27.9 Å². The monoisotopic (exact) mass is 463 g/mol. The van der Waals surface area contributed by atoms with E-state index in [0.29, 0.717) is 27.7 Å². The first-order chi connectivity index (χ1) is 16.0. The standard InChI is InChI=1S/C25H22FN3O3S/c1-15-6-11-21(19(12-15)28-24(31)16-7-9-17(26)10-8-16)32-14-18-13-23(30)29-20-4-2-3-5-22(20)33-25(29)27-18/h6-13H,2-5,14H2,1H3,(H,28,31). The van der Waals surface area contributed by atoms with Gasteiger partial charge in [0.05, 0.1) is 11.4 Å². The van der Waals surface area contributed by atoms with E-state index >= 15 is 0 Å². The topological polar surface area (TPSA) is 72.7 Å². The molecule has 0 bridgehead atoms. The minimum atomic E-state index is -0.405. The summed E-state index contributed by atoms with van der Waals surface area (Å²) in [7, 11) is 0. The smallest absolute Gasteiger partial charge is 0.259 e. The number of hydrogen-bond donors (Lipinski definition) is 1. The Labute approximate surface area is 193 Å². The molecule has 0 unspecified atom stereocenters. The Morgan fingerprint density at radius 1 is 1.15 bits per heavy atom. The molecule has 2 aromatic carbocycles. The van der Waals surface area contributed by atoms with Crippen LogP contribution in [-0.2, 0) is 19.4 Å². The second-order valence-corrected chi connectivity index (χ2v) is 9.19. The number of nitrogens with zero attached hydrogens (tertiary/aromatic N) is 2. The number of anilines is 1. The number of amides is 1. The molecular weight excluding hydrogens is 441 g/mol. The number of benzene rings is 2. The van der Waals surface area contributed by atoms with E-state index in [2.05, 4.69) is 10.3 Å². The van der Waals surface area contributed by atoms with Gasteiger partial charge in [-0.1, -0.05) is 6.07 Å². The van der Waals surface area contributed by atoms with Crippen molar-refractivity contribution in [2.75, 3.05) is 5.32 Å². The van der Waals surface area contributed by atoms with E-state index in [-0.39, 0.29) is 18.1 Å². The first-order valence-corrected chi connectivity index (χ1v) is 11.6. The van der Waals surface area contributed by atoms with Crippen molar-refractivity contribution in [2.24, 2.45) is 0 Å². The zero-order valence-electron chi connectivity index (χ0n) is 18.1. The van der Waals surface area contributed by atoms with Crippen LogP contribution < -0.4 is 15.6 Å². The number of rotatable bonds is 5. The van der Waals surface area contributed by atoms with Gasteiger partial charge in [-0.3, -0.25) is 14.0 Å². The molecule has 0 atom stereocenters. The molecule has 1 aliphatic rings. The third-order valence-electron chi connectivity index (χ3n) is 5.68. The molecule has 0 saturated carbocycles. The Bertz CT molecular complexity index is 1410. The van der Waals surface area contributed by atoms with Gasteiger partial charge in [-0.25, -0.2) is 9.37 Å². The highest BCUT2D eigenvalue weighted by Gasteiger charge is 2.19. The van der Waals surface area contributed by atoms with E-state index in [1.54, 1.807) is 27.9 Å². The second kappa shape index (κ2) is 8.78. The molecule has 0 spiro atoms. The van der Waals surface area contributed by atoms with Crippen LogP contribution in [0.25, 0.3) is 4.96 Å². The van der Waals surface area contributed by atoms with Gasteiger partial charge in [0.25, 0.3) is 11.5 Å². The van der Waals surface area contributed by atoms with Crippen LogP contribution in [0, 0.1) is 12.7 Å². The fraction of sp³-hybridized carbons (Fsp3) is 0.240. The van der Waals surface area contributed by atoms with Crippen molar-refractivity contribution in [3.8, 4) is 5.75 Å². The second-order valence-electron chi connectivity index (χ2n) is 8.13. The quantitative estimate of drug-likeness (QED) is 0.456. The third-order valence-corrected chi connectivity index (χ3v) is 6.82. The number of halogens is 1. The molecule has 5 rings (SSSR count). The average molecular weight is 464 g/mol. The van der Waals surface area contributed by atoms with Gasteiger partial charge >= 0.3 is 0 Å². The van der Waals surface area contributed by atoms with E-state index in [1.165, 1.54) is 35.2 Å².